The van der Waals surface area contributed by atoms with Crippen molar-refractivity contribution in [3.63, 3.8) is 0 Å². The van der Waals surface area contributed by atoms with Gasteiger partial charge in [0.25, 0.3) is 0 Å². The Hall–Kier alpha value is -1.15. The van der Waals surface area contributed by atoms with Gasteiger partial charge in [-0.05, 0) is 31.4 Å². The van der Waals surface area contributed by atoms with Crippen LogP contribution in [0.4, 0.5) is 0 Å². The molecule has 0 saturated carbocycles. The average molecular weight is 314 g/mol. The molecule has 2 heterocycles. The summed E-state index contributed by atoms with van der Waals surface area (Å²) in [5.41, 5.74) is 0.594. The summed E-state index contributed by atoms with van der Waals surface area (Å²) in [6.07, 6.45) is 1.56. The number of nitrogens with one attached hydrogen (secondary N) is 1. The Labute approximate surface area is 122 Å². The van der Waals surface area contributed by atoms with Crippen molar-refractivity contribution in [1.29, 1.82) is 0 Å². The van der Waals surface area contributed by atoms with Gasteiger partial charge in [-0.2, -0.15) is 0 Å². The molecule has 0 fully saturated rings. The summed E-state index contributed by atoms with van der Waals surface area (Å²) in [5.74, 6) is 0. The molecule has 2 aromatic heterocycles. The van der Waals surface area contributed by atoms with E-state index in [-0.39, 0.29) is 24.1 Å². The summed E-state index contributed by atoms with van der Waals surface area (Å²) in [7, 11) is -3.56. The Morgan fingerprint density at radius 1 is 1.45 bits per heavy atom. The monoisotopic (exact) mass is 314 g/mol. The zero-order chi connectivity index (χ0) is 14.8. The first-order chi connectivity index (χ1) is 9.44. The minimum atomic E-state index is -3.56. The summed E-state index contributed by atoms with van der Waals surface area (Å²) in [6.45, 7) is 3.98. The van der Waals surface area contributed by atoms with Crippen LogP contribution in [-0.4, -0.2) is 18.1 Å². The first kappa shape index (κ1) is 15.2. The van der Waals surface area contributed by atoms with Crippen LogP contribution in [0, 0.1) is 0 Å². The first-order valence-electron chi connectivity index (χ1n) is 6.27. The van der Waals surface area contributed by atoms with Crippen molar-refractivity contribution in [3.8, 4) is 0 Å². The molecule has 0 bridgehead atoms. The normalized spacial score (nSPS) is 12.2. The second kappa shape index (κ2) is 6.09. The molecule has 0 atom stereocenters. The molecule has 110 valence electrons. The summed E-state index contributed by atoms with van der Waals surface area (Å²) >= 11 is 1.50. The fourth-order valence-electron chi connectivity index (χ4n) is 1.91. The first-order valence-corrected chi connectivity index (χ1v) is 8.64. The van der Waals surface area contributed by atoms with Crippen molar-refractivity contribution in [2.24, 2.45) is 0 Å². The third kappa shape index (κ3) is 3.29. The molecule has 20 heavy (non-hydrogen) atoms. The van der Waals surface area contributed by atoms with Gasteiger partial charge in [0.1, 0.15) is 0 Å². The molecule has 0 unspecified atom stereocenters. The Morgan fingerprint density at radius 2 is 2.20 bits per heavy atom. The Morgan fingerprint density at radius 3 is 2.70 bits per heavy atom. The molecular formula is C13H18N2O3S2. The highest BCUT2D eigenvalue weighted by molar-refractivity contribution is 7.89. The van der Waals surface area contributed by atoms with E-state index in [1.807, 2.05) is 31.4 Å². The van der Waals surface area contributed by atoms with Gasteiger partial charge in [-0.15, -0.1) is 11.3 Å². The lowest BCUT2D eigenvalue weighted by Crippen LogP contribution is -2.22. The highest BCUT2D eigenvalue weighted by atomic mass is 32.2. The van der Waals surface area contributed by atoms with Crippen LogP contribution in [0.15, 0.2) is 34.7 Å². The number of thiophene rings is 1. The second-order valence-corrected chi connectivity index (χ2v) is 7.53. The maximum atomic E-state index is 12.2. The average Bonchev–Trinajstić information content (AvgIpc) is 3.05. The van der Waals surface area contributed by atoms with Gasteiger partial charge in [0.15, 0.2) is 0 Å². The molecule has 2 rings (SSSR count). The molecular weight excluding hydrogens is 296 g/mol. The topological polar surface area (TPSA) is 71.3 Å². The molecule has 0 aliphatic carbocycles. The van der Waals surface area contributed by atoms with Crippen LogP contribution in [0.1, 0.15) is 30.5 Å². The predicted octanol–water partition coefficient (Wildman–Crippen LogP) is 2.10. The smallest absolute Gasteiger partial charge is 0.242 e. The summed E-state index contributed by atoms with van der Waals surface area (Å²) in [5, 5.41) is 11.2. The summed E-state index contributed by atoms with van der Waals surface area (Å²) in [6, 6.07) is 5.37. The van der Waals surface area contributed by atoms with Gasteiger partial charge >= 0.3 is 0 Å². The number of aliphatic hydroxyl groups is 1. The number of nitrogens with zero attached hydrogens (tertiary/aromatic N) is 1. The van der Waals surface area contributed by atoms with E-state index in [9.17, 15) is 13.5 Å². The van der Waals surface area contributed by atoms with Crippen molar-refractivity contribution in [2.45, 2.75) is 37.9 Å². The number of hydrogen-bond acceptors (Lipinski definition) is 4. The Balaban J connectivity index is 2.21. The Kier molecular flexibility index (Phi) is 4.64. The van der Waals surface area contributed by atoms with Crippen LogP contribution >= 0.6 is 11.3 Å². The molecule has 0 radical (unpaired) electrons. The highest BCUT2D eigenvalue weighted by Gasteiger charge is 2.19. The lowest BCUT2D eigenvalue weighted by molar-refractivity contribution is 0.268. The predicted molar refractivity (Wildman–Crippen MR) is 79.1 cm³/mol. The molecule has 0 aromatic carbocycles. The molecule has 0 aliphatic rings. The van der Waals surface area contributed by atoms with Gasteiger partial charge in [0.2, 0.25) is 10.0 Å². The van der Waals surface area contributed by atoms with E-state index in [4.69, 9.17) is 0 Å². The van der Waals surface area contributed by atoms with Crippen LogP contribution in [-0.2, 0) is 23.2 Å². The largest absolute Gasteiger partial charge is 0.390 e. The highest BCUT2D eigenvalue weighted by Crippen LogP contribution is 2.19. The van der Waals surface area contributed by atoms with Crippen LogP contribution < -0.4 is 4.72 Å². The lowest BCUT2D eigenvalue weighted by atomic mass is 10.3. The standard InChI is InChI=1S/C13H18N2O3S2/c1-10(2)15-8-13(6-11(15)9-16)20(17,18)14-7-12-4-3-5-19-12/h3-6,8,10,14,16H,7,9H2,1-2H3. The van der Waals surface area contributed by atoms with Gasteiger partial charge in [0.05, 0.1) is 11.5 Å². The number of sulfonamides is 1. The molecule has 7 heteroatoms. The molecule has 2 N–H and O–H groups in total. The number of hydrogen-bond donors (Lipinski definition) is 2. The van der Waals surface area contributed by atoms with Crippen molar-refractivity contribution in [1.82, 2.24) is 9.29 Å². The van der Waals surface area contributed by atoms with Crippen molar-refractivity contribution in [2.75, 3.05) is 0 Å². The molecule has 0 aliphatic heterocycles. The molecule has 5 nitrogen and oxygen atoms in total. The fraction of sp³-hybridized carbons (Fsp3) is 0.385. The second-order valence-electron chi connectivity index (χ2n) is 4.73. The maximum absolute atomic E-state index is 12.2. The van der Waals surface area contributed by atoms with Crippen LogP contribution in [0.3, 0.4) is 0 Å². The minimum Gasteiger partial charge on any atom is -0.390 e. The molecule has 0 saturated heterocycles. The quantitative estimate of drug-likeness (QED) is 0.858. The number of rotatable bonds is 6. The zero-order valence-electron chi connectivity index (χ0n) is 11.4. The van der Waals surface area contributed by atoms with E-state index >= 15 is 0 Å². The number of aliphatic hydroxyl groups excluding tert-OH is 1. The van der Waals surface area contributed by atoms with Crippen molar-refractivity contribution >= 4 is 21.4 Å². The van der Waals surface area contributed by atoms with E-state index in [1.165, 1.54) is 17.4 Å². The molecule has 0 spiro atoms. The fourth-order valence-corrected chi connectivity index (χ4v) is 3.71. The van der Waals surface area contributed by atoms with Crippen molar-refractivity contribution < 1.29 is 13.5 Å². The summed E-state index contributed by atoms with van der Waals surface area (Å²) in [4.78, 5) is 1.14. The van der Waals surface area contributed by atoms with E-state index in [1.54, 1.807) is 10.8 Å². The molecule has 2 aromatic rings. The van der Waals surface area contributed by atoms with Crippen LogP contribution in [0.5, 0.6) is 0 Å². The SMILES string of the molecule is CC(C)n1cc(S(=O)(=O)NCc2cccs2)cc1CO. The van der Waals surface area contributed by atoms with Gasteiger partial charge in [-0.1, -0.05) is 6.07 Å². The van der Waals surface area contributed by atoms with Gasteiger partial charge in [-0.25, -0.2) is 13.1 Å². The van der Waals surface area contributed by atoms with Gasteiger partial charge < -0.3 is 9.67 Å². The van der Waals surface area contributed by atoms with Gasteiger partial charge in [-0.3, -0.25) is 0 Å². The van der Waals surface area contributed by atoms with E-state index in [2.05, 4.69) is 4.72 Å². The van der Waals surface area contributed by atoms with E-state index in [0.29, 0.717) is 5.69 Å². The van der Waals surface area contributed by atoms with E-state index in [0.717, 1.165) is 4.88 Å². The minimum absolute atomic E-state index is 0.0957. The maximum Gasteiger partial charge on any atom is 0.242 e. The van der Waals surface area contributed by atoms with Crippen LogP contribution in [0.25, 0.3) is 0 Å². The number of aromatic nitrogens is 1. The van der Waals surface area contributed by atoms with Crippen molar-refractivity contribution in [3.05, 3.63) is 40.3 Å². The van der Waals surface area contributed by atoms with E-state index < -0.39 is 10.0 Å². The molecule has 0 amide bonds. The van der Waals surface area contributed by atoms with Crippen LogP contribution in [0.2, 0.25) is 0 Å². The third-order valence-corrected chi connectivity index (χ3v) is 5.20. The third-order valence-electron chi connectivity index (χ3n) is 2.95. The summed E-state index contributed by atoms with van der Waals surface area (Å²) < 4.78 is 28.8. The Bertz CT molecular complexity index is 658. The zero-order valence-corrected chi connectivity index (χ0v) is 13.0. The van der Waals surface area contributed by atoms with Gasteiger partial charge in [0, 0.05) is 29.4 Å². The lowest BCUT2D eigenvalue weighted by Gasteiger charge is -2.10.